The Bertz CT molecular complexity index is 300. The van der Waals surface area contributed by atoms with Crippen molar-refractivity contribution in [1.29, 1.82) is 0 Å². The first-order valence-electron chi connectivity index (χ1n) is 6.01. The van der Waals surface area contributed by atoms with Crippen LogP contribution in [0.15, 0.2) is 18.3 Å². The first kappa shape index (κ1) is 13.0. The summed E-state index contributed by atoms with van der Waals surface area (Å²) in [4.78, 5) is 4.22. The SMILES string of the molecule is CCOc1ncccc1CNCCC(C)C. The highest BCUT2D eigenvalue weighted by atomic mass is 16.5. The summed E-state index contributed by atoms with van der Waals surface area (Å²) in [5.41, 5.74) is 1.13. The molecule has 16 heavy (non-hydrogen) atoms. The molecule has 0 fully saturated rings. The summed E-state index contributed by atoms with van der Waals surface area (Å²) >= 11 is 0. The van der Waals surface area contributed by atoms with E-state index >= 15 is 0 Å². The summed E-state index contributed by atoms with van der Waals surface area (Å²) < 4.78 is 5.46. The van der Waals surface area contributed by atoms with Crippen LogP contribution in [0.3, 0.4) is 0 Å². The predicted molar refractivity (Wildman–Crippen MR) is 66.6 cm³/mol. The Hall–Kier alpha value is -1.09. The van der Waals surface area contributed by atoms with Crippen molar-refractivity contribution < 1.29 is 4.74 Å². The van der Waals surface area contributed by atoms with E-state index in [0.717, 1.165) is 30.5 Å². The first-order valence-corrected chi connectivity index (χ1v) is 6.01. The highest BCUT2D eigenvalue weighted by Crippen LogP contribution is 2.13. The molecule has 0 spiro atoms. The number of hydrogen-bond donors (Lipinski definition) is 1. The van der Waals surface area contributed by atoms with Gasteiger partial charge in [-0.05, 0) is 31.9 Å². The summed E-state index contributed by atoms with van der Waals surface area (Å²) in [6, 6.07) is 4.00. The van der Waals surface area contributed by atoms with Crippen molar-refractivity contribution in [2.45, 2.75) is 33.7 Å². The van der Waals surface area contributed by atoms with Crippen LogP contribution in [0.4, 0.5) is 0 Å². The van der Waals surface area contributed by atoms with Gasteiger partial charge in [0.05, 0.1) is 6.61 Å². The van der Waals surface area contributed by atoms with Crippen LogP contribution in [0, 0.1) is 5.92 Å². The van der Waals surface area contributed by atoms with Crippen molar-refractivity contribution in [3.05, 3.63) is 23.9 Å². The molecule has 0 atom stereocenters. The van der Waals surface area contributed by atoms with Crippen LogP contribution in [-0.4, -0.2) is 18.1 Å². The van der Waals surface area contributed by atoms with Gasteiger partial charge in [0, 0.05) is 18.3 Å². The van der Waals surface area contributed by atoms with Crippen molar-refractivity contribution in [3.8, 4) is 5.88 Å². The largest absolute Gasteiger partial charge is 0.478 e. The Morgan fingerprint density at radius 2 is 2.25 bits per heavy atom. The minimum absolute atomic E-state index is 0.663. The lowest BCUT2D eigenvalue weighted by Gasteiger charge is -2.10. The number of ether oxygens (including phenoxy) is 1. The molecular weight excluding hydrogens is 200 g/mol. The maximum Gasteiger partial charge on any atom is 0.217 e. The molecule has 0 amide bonds. The molecule has 0 aliphatic heterocycles. The molecule has 1 N–H and O–H groups in total. The topological polar surface area (TPSA) is 34.1 Å². The lowest BCUT2D eigenvalue weighted by molar-refractivity contribution is 0.321. The minimum atomic E-state index is 0.663. The quantitative estimate of drug-likeness (QED) is 0.720. The lowest BCUT2D eigenvalue weighted by Crippen LogP contribution is -2.17. The molecule has 0 radical (unpaired) electrons. The van der Waals surface area contributed by atoms with E-state index in [1.165, 1.54) is 6.42 Å². The monoisotopic (exact) mass is 222 g/mol. The Morgan fingerprint density at radius 3 is 2.94 bits per heavy atom. The molecule has 1 aromatic rings. The van der Waals surface area contributed by atoms with E-state index in [9.17, 15) is 0 Å². The van der Waals surface area contributed by atoms with Crippen molar-refractivity contribution >= 4 is 0 Å². The van der Waals surface area contributed by atoms with Crippen molar-refractivity contribution in [2.75, 3.05) is 13.2 Å². The van der Waals surface area contributed by atoms with Gasteiger partial charge in [-0.15, -0.1) is 0 Å². The molecule has 1 heterocycles. The molecule has 90 valence electrons. The van der Waals surface area contributed by atoms with Gasteiger partial charge < -0.3 is 10.1 Å². The number of nitrogens with one attached hydrogen (secondary N) is 1. The number of hydrogen-bond acceptors (Lipinski definition) is 3. The van der Waals surface area contributed by atoms with Gasteiger partial charge in [-0.1, -0.05) is 19.9 Å². The van der Waals surface area contributed by atoms with Gasteiger partial charge >= 0.3 is 0 Å². The molecular formula is C13H22N2O. The molecule has 0 aliphatic carbocycles. The molecule has 3 heteroatoms. The van der Waals surface area contributed by atoms with Gasteiger partial charge in [-0.25, -0.2) is 4.98 Å². The molecule has 0 aliphatic rings. The zero-order valence-electron chi connectivity index (χ0n) is 10.5. The summed E-state index contributed by atoms with van der Waals surface area (Å²) in [6.07, 6.45) is 2.97. The van der Waals surface area contributed by atoms with Gasteiger partial charge in [0.15, 0.2) is 0 Å². The van der Waals surface area contributed by atoms with Crippen LogP contribution in [0.5, 0.6) is 5.88 Å². The molecule has 0 aromatic carbocycles. The van der Waals surface area contributed by atoms with E-state index in [4.69, 9.17) is 4.74 Å². The molecule has 0 saturated heterocycles. The van der Waals surface area contributed by atoms with Crippen LogP contribution < -0.4 is 10.1 Å². The van der Waals surface area contributed by atoms with Crippen LogP contribution in [0.2, 0.25) is 0 Å². The molecule has 3 nitrogen and oxygen atoms in total. The molecule has 0 unspecified atom stereocenters. The van der Waals surface area contributed by atoms with Crippen molar-refractivity contribution in [1.82, 2.24) is 10.3 Å². The average Bonchev–Trinajstić information content (AvgIpc) is 2.26. The van der Waals surface area contributed by atoms with Crippen LogP contribution in [0.25, 0.3) is 0 Å². The second kappa shape index (κ2) is 7.23. The zero-order valence-corrected chi connectivity index (χ0v) is 10.5. The second-order valence-electron chi connectivity index (χ2n) is 4.26. The average molecular weight is 222 g/mol. The maximum absolute atomic E-state index is 5.46. The van der Waals surface area contributed by atoms with Gasteiger partial charge in [0.1, 0.15) is 0 Å². The summed E-state index contributed by atoms with van der Waals surface area (Å²) in [7, 11) is 0. The fraction of sp³-hybridized carbons (Fsp3) is 0.615. The maximum atomic E-state index is 5.46. The normalized spacial score (nSPS) is 10.8. The molecule has 0 bridgehead atoms. The standard InChI is InChI=1S/C13H22N2O/c1-4-16-13-12(6-5-8-15-13)10-14-9-7-11(2)3/h5-6,8,11,14H,4,7,9-10H2,1-3H3. The minimum Gasteiger partial charge on any atom is -0.478 e. The Labute approximate surface area is 98.2 Å². The number of nitrogens with zero attached hydrogens (tertiary/aromatic N) is 1. The van der Waals surface area contributed by atoms with Crippen LogP contribution >= 0.6 is 0 Å². The first-order chi connectivity index (χ1) is 7.74. The molecule has 1 rings (SSSR count). The number of pyridine rings is 1. The van der Waals surface area contributed by atoms with E-state index in [2.05, 4.69) is 30.2 Å². The zero-order chi connectivity index (χ0) is 11.8. The van der Waals surface area contributed by atoms with Gasteiger partial charge in [-0.3, -0.25) is 0 Å². The van der Waals surface area contributed by atoms with Crippen molar-refractivity contribution in [3.63, 3.8) is 0 Å². The van der Waals surface area contributed by atoms with E-state index in [1.54, 1.807) is 6.20 Å². The second-order valence-corrected chi connectivity index (χ2v) is 4.26. The van der Waals surface area contributed by atoms with E-state index in [0.29, 0.717) is 6.61 Å². The van der Waals surface area contributed by atoms with E-state index in [-0.39, 0.29) is 0 Å². The fourth-order valence-electron chi connectivity index (χ4n) is 1.44. The third-order valence-electron chi connectivity index (χ3n) is 2.34. The summed E-state index contributed by atoms with van der Waals surface area (Å²) in [5, 5.41) is 3.41. The Balaban J connectivity index is 2.40. The molecule has 1 aromatic heterocycles. The predicted octanol–water partition coefficient (Wildman–Crippen LogP) is 2.62. The molecule has 0 saturated carbocycles. The highest BCUT2D eigenvalue weighted by molar-refractivity contribution is 5.25. The lowest BCUT2D eigenvalue weighted by atomic mass is 10.1. The van der Waals surface area contributed by atoms with Gasteiger partial charge in [0.25, 0.3) is 0 Å². The van der Waals surface area contributed by atoms with Gasteiger partial charge in [0.2, 0.25) is 5.88 Å². The van der Waals surface area contributed by atoms with Crippen LogP contribution in [-0.2, 0) is 6.54 Å². The summed E-state index contributed by atoms with van der Waals surface area (Å²) in [6.45, 7) is 8.98. The number of aromatic nitrogens is 1. The summed E-state index contributed by atoms with van der Waals surface area (Å²) in [5.74, 6) is 1.50. The fourth-order valence-corrected chi connectivity index (χ4v) is 1.44. The Morgan fingerprint density at radius 1 is 1.44 bits per heavy atom. The van der Waals surface area contributed by atoms with Crippen molar-refractivity contribution in [2.24, 2.45) is 5.92 Å². The van der Waals surface area contributed by atoms with E-state index in [1.807, 2.05) is 13.0 Å². The Kier molecular flexibility index (Phi) is 5.86. The highest BCUT2D eigenvalue weighted by Gasteiger charge is 2.03. The third-order valence-corrected chi connectivity index (χ3v) is 2.34. The number of rotatable bonds is 7. The van der Waals surface area contributed by atoms with E-state index < -0.39 is 0 Å². The smallest absolute Gasteiger partial charge is 0.217 e. The third kappa shape index (κ3) is 4.62. The van der Waals surface area contributed by atoms with Crippen LogP contribution in [0.1, 0.15) is 32.8 Å². The van der Waals surface area contributed by atoms with Gasteiger partial charge in [-0.2, -0.15) is 0 Å².